The summed E-state index contributed by atoms with van der Waals surface area (Å²) in [7, 11) is 0. The minimum atomic E-state index is -0.988. The highest BCUT2D eigenvalue weighted by Gasteiger charge is 2.20. The molecule has 0 saturated carbocycles. The van der Waals surface area contributed by atoms with Crippen LogP contribution in [0.15, 0.2) is 108 Å². The molecule has 1 atom stereocenters. The average Bonchev–Trinajstić information content (AvgIpc) is 3.63. The minimum Gasteiger partial charge on any atom is -0.478 e. The third-order valence-corrected chi connectivity index (χ3v) is 7.02. The number of hydrogen-bond acceptors (Lipinski definition) is 4. The lowest BCUT2D eigenvalue weighted by Gasteiger charge is -2.16. The van der Waals surface area contributed by atoms with E-state index < -0.39 is 5.97 Å². The highest BCUT2D eigenvalue weighted by atomic mass is 16.5. The first-order chi connectivity index (χ1) is 19.0. The third kappa shape index (κ3) is 4.78. The van der Waals surface area contributed by atoms with Gasteiger partial charge in [0.15, 0.2) is 0 Å². The van der Waals surface area contributed by atoms with Crippen molar-refractivity contribution in [3.05, 3.63) is 131 Å². The summed E-state index contributed by atoms with van der Waals surface area (Å²) in [6, 6.07) is 26.5. The number of rotatable bonds is 7. The lowest BCUT2D eigenvalue weighted by molar-refractivity contribution is 0.0696. The molecule has 0 aliphatic heterocycles. The van der Waals surface area contributed by atoms with E-state index in [-0.39, 0.29) is 17.5 Å². The number of fused-ring (bicyclic) bond motifs is 2. The van der Waals surface area contributed by atoms with Crippen molar-refractivity contribution in [2.45, 2.75) is 19.4 Å². The molecule has 2 N–H and O–H groups in total. The molecule has 0 radical (unpaired) electrons. The maximum atomic E-state index is 13.8. The monoisotopic (exact) mass is 515 g/mol. The number of aromatic nitrogens is 2. The molecule has 1 amide bonds. The second kappa shape index (κ2) is 9.95. The van der Waals surface area contributed by atoms with E-state index in [2.05, 4.69) is 40.8 Å². The molecular weight excluding hydrogens is 490 g/mol. The number of aromatic carboxylic acids is 1. The molecule has 7 nitrogen and oxygen atoms in total. The molecule has 39 heavy (non-hydrogen) atoms. The van der Waals surface area contributed by atoms with E-state index in [9.17, 15) is 14.7 Å². The van der Waals surface area contributed by atoms with Crippen LogP contribution in [-0.2, 0) is 6.42 Å². The van der Waals surface area contributed by atoms with Crippen molar-refractivity contribution in [3.63, 3.8) is 0 Å². The Balaban J connectivity index is 1.38. The molecule has 6 aromatic rings. The van der Waals surface area contributed by atoms with Gasteiger partial charge < -0.3 is 19.3 Å². The van der Waals surface area contributed by atoms with Crippen molar-refractivity contribution in [3.8, 4) is 11.3 Å². The second-order valence-corrected chi connectivity index (χ2v) is 9.60. The van der Waals surface area contributed by atoms with Gasteiger partial charge in [-0.15, -0.1) is 0 Å². The second-order valence-electron chi connectivity index (χ2n) is 9.60. The standard InChI is InChI=1S/C32H25N3O4/c1-20(22-8-10-24(11-9-22)32(37)38)33-31(36)28-18-27(29-13-15-39-34-29)19-35-14-12-26(30(28)35)17-21-6-7-23-4-2-3-5-25(23)16-21/h2-16,18-20H,17H2,1H3,(H,33,36)(H,37,38)/t20-/m0/s1. The van der Waals surface area contributed by atoms with Gasteiger partial charge in [0.25, 0.3) is 5.91 Å². The van der Waals surface area contributed by atoms with Gasteiger partial charge in [-0.3, -0.25) is 4.79 Å². The number of nitrogens with zero attached hydrogens (tertiary/aromatic N) is 2. The maximum absolute atomic E-state index is 13.8. The van der Waals surface area contributed by atoms with Gasteiger partial charge in [-0.25, -0.2) is 4.79 Å². The highest BCUT2D eigenvalue weighted by molar-refractivity contribution is 6.03. The average molecular weight is 516 g/mol. The van der Waals surface area contributed by atoms with Crippen molar-refractivity contribution in [2.24, 2.45) is 0 Å². The van der Waals surface area contributed by atoms with Gasteiger partial charge >= 0.3 is 5.97 Å². The van der Waals surface area contributed by atoms with Crippen LogP contribution in [-0.4, -0.2) is 26.5 Å². The lowest BCUT2D eigenvalue weighted by Crippen LogP contribution is -2.27. The van der Waals surface area contributed by atoms with Crippen LogP contribution in [0.2, 0.25) is 0 Å². The van der Waals surface area contributed by atoms with Crippen LogP contribution in [0.25, 0.3) is 27.5 Å². The Morgan fingerprint density at radius 3 is 2.51 bits per heavy atom. The molecule has 0 fully saturated rings. The summed E-state index contributed by atoms with van der Waals surface area (Å²) in [5, 5.41) is 18.7. The fourth-order valence-electron chi connectivity index (χ4n) is 4.98. The third-order valence-electron chi connectivity index (χ3n) is 7.02. The Labute approximate surface area is 224 Å². The van der Waals surface area contributed by atoms with Crippen LogP contribution < -0.4 is 5.32 Å². The van der Waals surface area contributed by atoms with Crippen molar-refractivity contribution < 1.29 is 19.2 Å². The van der Waals surface area contributed by atoms with E-state index in [0.29, 0.717) is 17.7 Å². The van der Waals surface area contributed by atoms with E-state index in [4.69, 9.17) is 4.52 Å². The molecule has 3 aromatic heterocycles. The van der Waals surface area contributed by atoms with E-state index in [0.717, 1.165) is 27.8 Å². The van der Waals surface area contributed by atoms with Crippen molar-refractivity contribution in [1.82, 2.24) is 14.9 Å². The molecule has 0 unspecified atom stereocenters. The van der Waals surface area contributed by atoms with Crippen molar-refractivity contribution >= 4 is 28.2 Å². The SMILES string of the molecule is C[C@H](NC(=O)c1cc(-c2ccon2)cn2ccc(Cc3ccc4ccccc4c3)c12)c1ccc(C(=O)O)cc1. The molecule has 6 rings (SSSR count). The van der Waals surface area contributed by atoms with Crippen LogP contribution in [0.3, 0.4) is 0 Å². The molecule has 0 bridgehead atoms. The van der Waals surface area contributed by atoms with E-state index in [1.807, 2.05) is 48.0 Å². The molecule has 0 spiro atoms. The highest BCUT2D eigenvalue weighted by Crippen LogP contribution is 2.28. The predicted molar refractivity (Wildman–Crippen MR) is 149 cm³/mol. The largest absolute Gasteiger partial charge is 0.478 e. The number of hydrogen-bond donors (Lipinski definition) is 2. The van der Waals surface area contributed by atoms with Crippen molar-refractivity contribution in [1.29, 1.82) is 0 Å². The summed E-state index contributed by atoms with van der Waals surface area (Å²) in [5.74, 6) is -1.23. The molecular formula is C32H25N3O4. The number of amides is 1. The predicted octanol–water partition coefficient (Wildman–Crippen LogP) is 6.53. The molecule has 7 heteroatoms. The number of carboxylic acids is 1. The number of carboxylic acid groups (broad SMARTS) is 1. The van der Waals surface area contributed by atoms with Gasteiger partial charge in [0, 0.05) is 24.0 Å². The zero-order valence-electron chi connectivity index (χ0n) is 21.2. The summed E-state index contributed by atoms with van der Waals surface area (Å²) in [4.78, 5) is 25.0. The summed E-state index contributed by atoms with van der Waals surface area (Å²) < 4.78 is 7.01. The van der Waals surface area contributed by atoms with Crippen LogP contribution in [0.5, 0.6) is 0 Å². The molecule has 3 aromatic carbocycles. The Hall–Kier alpha value is -5.17. The van der Waals surface area contributed by atoms with Crippen LogP contribution in [0.1, 0.15) is 50.4 Å². The molecule has 192 valence electrons. The zero-order chi connectivity index (χ0) is 26.9. The minimum absolute atomic E-state index is 0.200. The number of carbonyl (C=O) groups is 2. The zero-order valence-corrected chi connectivity index (χ0v) is 21.2. The summed E-state index contributed by atoms with van der Waals surface area (Å²) in [6.07, 6.45) is 6.07. The van der Waals surface area contributed by atoms with Gasteiger partial charge in [0.2, 0.25) is 0 Å². The maximum Gasteiger partial charge on any atom is 0.335 e. The first kappa shape index (κ1) is 24.2. The fraction of sp³-hybridized carbons (Fsp3) is 0.0938. The molecule has 0 aliphatic rings. The van der Waals surface area contributed by atoms with Gasteiger partial charge in [-0.1, -0.05) is 59.8 Å². The number of carbonyl (C=O) groups excluding carboxylic acids is 1. The van der Waals surface area contributed by atoms with Crippen LogP contribution in [0, 0.1) is 0 Å². The number of benzene rings is 3. The van der Waals surface area contributed by atoms with E-state index in [1.54, 1.807) is 30.3 Å². The first-order valence-electron chi connectivity index (χ1n) is 12.6. The van der Waals surface area contributed by atoms with Gasteiger partial charge in [-0.2, -0.15) is 0 Å². The number of pyridine rings is 1. The van der Waals surface area contributed by atoms with Crippen LogP contribution >= 0.6 is 0 Å². The molecule has 0 saturated heterocycles. The van der Waals surface area contributed by atoms with Crippen molar-refractivity contribution in [2.75, 3.05) is 0 Å². The first-order valence-corrected chi connectivity index (χ1v) is 12.6. The topological polar surface area (TPSA) is 96.8 Å². The summed E-state index contributed by atoms with van der Waals surface area (Å²) >= 11 is 0. The van der Waals surface area contributed by atoms with E-state index in [1.165, 1.54) is 17.0 Å². The summed E-state index contributed by atoms with van der Waals surface area (Å²) in [5.41, 5.74) is 5.92. The summed E-state index contributed by atoms with van der Waals surface area (Å²) in [6.45, 7) is 1.88. The molecule has 3 heterocycles. The molecule has 0 aliphatic carbocycles. The Bertz CT molecular complexity index is 1820. The quantitative estimate of drug-likeness (QED) is 0.252. The number of nitrogens with one attached hydrogen (secondary N) is 1. The van der Waals surface area contributed by atoms with Crippen LogP contribution in [0.4, 0.5) is 0 Å². The van der Waals surface area contributed by atoms with E-state index >= 15 is 0 Å². The Morgan fingerprint density at radius 2 is 1.77 bits per heavy atom. The Morgan fingerprint density at radius 1 is 0.974 bits per heavy atom. The Kier molecular flexibility index (Phi) is 6.17. The van der Waals surface area contributed by atoms with Gasteiger partial charge in [-0.05, 0) is 65.1 Å². The lowest BCUT2D eigenvalue weighted by atomic mass is 9.99. The fourth-order valence-corrected chi connectivity index (χ4v) is 4.98. The normalized spacial score (nSPS) is 12.0. The van der Waals surface area contributed by atoms with Gasteiger partial charge in [0.05, 0.1) is 22.7 Å². The smallest absolute Gasteiger partial charge is 0.335 e. The van der Waals surface area contributed by atoms with Gasteiger partial charge in [0.1, 0.15) is 12.0 Å².